The number of piperidine rings is 1. The summed E-state index contributed by atoms with van der Waals surface area (Å²) in [5.74, 6) is 1.86. The lowest BCUT2D eigenvalue weighted by molar-refractivity contribution is 0.270. The second-order valence-electron chi connectivity index (χ2n) is 5.37. The Kier molecular flexibility index (Phi) is 7.07. The molecule has 1 aromatic carbocycles. The molecule has 5 nitrogen and oxygen atoms in total. The zero-order valence-corrected chi connectivity index (χ0v) is 14.9. The quantitative estimate of drug-likeness (QED) is 0.461. The lowest BCUT2D eigenvalue weighted by Gasteiger charge is -2.31. The van der Waals surface area contributed by atoms with Crippen LogP contribution in [0.5, 0.6) is 11.5 Å². The van der Waals surface area contributed by atoms with E-state index >= 15 is 0 Å². The third kappa shape index (κ3) is 4.94. The van der Waals surface area contributed by atoms with Crippen LogP contribution in [0.15, 0.2) is 23.2 Å². The first-order valence-corrected chi connectivity index (χ1v) is 7.01. The molecule has 0 amide bonds. The number of likely N-dealkylation sites (tertiary alicyclic amines) is 1. The van der Waals surface area contributed by atoms with E-state index in [9.17, 15) is 5.11 Å². The summed E-state index contributed by atoms with van der Waals surface area (Å²) in [6.45, 7) is 4.66. The third-order valence-electron chi connectivity index (χ3n) is 3.65. The molecule has 0 spiro atoms. The SMILES string of the molecule is COc1ccc(CN=C(N)N2CCCC(C)C2)cc1O.I. The number of ether oxygens (including phenoxy) is 1. The van der Waals surface area contributed by atoms with Gasteiger partial charge in [0.15, 0.2) is 17.5 Å². The highest BCUT2D eigenvalue weighted by Crippen LogP contribution is 2.26. The van der Waals surface area contributed by atoms with Crippen molar-refractivity contribution in [2.24, 2.45) is 16.6 Å². The lowest BCUT2D eigenvalue weighted by Crippen LogP contribution is -2.43. The summed E-state index contributed by atoms with van der Waals surface area (Å²) in [5.41, 5.74) is 6.95. The van der Waals surface area contributed by atoms with Crippen molar-refractivity contribution in [3.05, 3.63) is 23.8 Å². The molecule has 1 unspecified atom stereocenters. The van der Waals surface area contributed by atoms with Gasteiger partial charge in [-0.15, -0.1) is 24.0 Å². The molecule has 21 heavy (non-hydrogen) atoms. The zero-order chi connectivity index (χ0) is 14.5. The molecule has 0 aliphatic carbocycles. The summed E-state index contributed by atoms with van der Waals surface area (Å²) in [4.78, 5) is 6.55. The highest BCUT2D eigenvalue weighted by Gasteiger charge is 2.17. The maximum atomic E-state index is 9.72. The molecule has 1 aliphatic rings. The normalized spacial score (nSPS) is 19.0. The van der Waals surface area contributed by atoms with Crippen molar-refractivity contribution >= 4 is 29.9 Å². The van der Waals surface area contributed by atoms with Crippen LogP contribution in [-0.2, 0) is 6.54 Å². The Hall–Kier alpha value is -1.18. The van der Waals surface area contributed by atoms with Crippen molar-refractivity contribution in [3.63, 3.8) is 0 Å². The van der Waals surface area contributed by atoms with Gasteiger partial charge in [-0.25, -0.2) is 4.99 Å². The summed E-state index contributed by atoms with van der Waals surface area (Å²) in [6, 6.07) is 5.28. The summed E-state index contributed by atoms with van der Waals surface area (Å²) in [6.07, 6.45) is 2.43. The van der Waals surface area contributed by atoms with E-state index in [-0.39, 0.29) is 29.7 Å². The maximum absolute atomic E-state index is 9.72. The number of aliphatic imine (C=N–C) groups is 1. The van der Waals surface area contributed by atoms with E-state index in [2.05, 4.69) is 16.8 Å². The highest BCUT2D eigenvalue weighted by atomic mass is 127. The van der Waals surface area contributed by atoms with E-state index in [1.807, 2.05) is 6.07 Å². The Morgan fingerprint density at radius 1 is 1.52 bits per heavy atom. The molecule has 0 bridgehead atoms. The van der Waals surface area contributed by atoms with Gasteiger partial charge in [-0.05, 0) is 36.5 Å². The fourth-order valence-electron chi connectivity index (χ4n) is 2.50. The van der Waals surface area contributed by atoms with Gasteiger partial charge in [-0.2, -0.15) is 0 Å². The fourth-order valence-corrected chi connectivity index (χ4v) is 2.50. The maximum Gasteiger partial charge on any atom is 0.191 e. The number of nitrogens with two attached hydrogens (primary N) is 1. The largest absolute Gasteiger partial charge is 0.504 e. The predicted octanol–water partition coefficient (Wildman–Crippen LogP) is 2.57. The molecule has 1 saturated heterocycles. The Morgan fingerprint density at radius 2 is 2.29 bits per heavy atom. The molecule has 3 N–H and O–H groups in total. The number of guanidine groups is 1. The number of hydrogen-bond donors (Lipinski definition) is 2. The predicted molar refractivity (Wildman–Crippen MR) is 95.4 cm³/mol. The van der Waals surface area contributed by atoms with Gasteiger partial charge in [0.25, 0.3) is 0 Å². The van der Waals surface area contributed by atoms with Gasteiger partial charge in [-0.1, -0.05) is 13.0 Å². The monoisotopic (exact) mass is 405 g/mol. The van der Waals surface area contributed by atoms with Crippen molar-refractivity contribution in [1.82, 2.24) is 4.90 Å². The number of aromatic hydroxyl groups is 1. The summed E-state index contributed by atoms with van der Waals surface area (Å²) in [5, 5.41) is 9.72. The zero-order valence-electron chi connectivity index (χ0n) is 12.6. The molecule has 1 aromatic rings. The minimum absolute atomic E-state index is 0. The van der Waals surface area contributed by atoms with Crippen molar-refractivity contribution in [3.8, 4) is 11.5 Å². The average molecular weight is 405 g/mol. The summed E-state index contributed by atoms with van der Waals surface area (Å²) < 4.78 is 5.01. The number of nitrogens with zero attached hydrogens (tertiary/aromatic N) is 2. The molecule has 6 heteroatoms. The first-order valence-electron chi connectivity index (χ1n) is 7.01. The summed E-state index contributed by atoms with van der Waals surface area (Å²) >= 11 is 0. The number of phenols is 1. The van der Waals surface area contributed by atoms with E-state index in [1.165, 1.54) is 20.0 Å². The number of rotatable bonds is 3. The van der Waals surface area contributed by atoms with Crippen molar-refractivity contribution in [2.45, 2.75) is 26.3 Å². The molecule has 0 radical (unpaired) electrons. The first kappa shape index (κ1) is 17.9. The van der Waals surface area contributed by atoms with Crippen LogP contribution in [0.25, 0.3) is 0 Å². The molecule has 118 valence electrons. The number of phenolic OH excluding ortho intramolecular Hbond substituents is 1. The van der Waals surface area contributed by atoms with E-state index in [4.69, 9.17) is 10.5 Å². The molecule has 1 atom stereocenters. The van der Waals surface area contributed by atoms with Gasteiger partial charge >= 0.3 is 0 Å². The van der Waals surface area contributed by atoms with Crippen LogP contribution in [0.3, 0.4) is 0 Å². The van der Waals surface area contributed by atoms with Crippen LogP contribution in [0.4, 0.5) is 0 Å². The van der Waals surface area contributed by atoms with Crippen LogP contribution in [0, 0.1) is 5.92 Å². The molecule has 1 fully saturated rings. The number of halogens is 1. The standard InChI is InChI=1S/C15H23N3O2.HI/c1-11-4-3-7-18(10-11)15(16)17-9-12-5-6-14(20-2)13(19)8-12;/h5-6,8,11,19H,3-4,7,9-10H2,1-2H3,(H2,16,17);1H. The second kappa shape index (κ2) is 8.31. The van der Waals surface area contributed by atoms with Crippen LogP contribution < -0.4 is 10.5 Å². The first-order chi connectivity index (χ1) is 9.60. The lowest BCUT2D eigenvalue weighted by atomic mass is 10.0. The van der Waals surface area contributed by atoms with E-state index in [0.717, 1.165) is 18.7 Å². The van der Waals surface area contributed by atoms with Crippen molar-refractivity contribution < 1.29 is 9.84 Å². The second-order valence-corrected chi connectivity index (χ2v) is 5.37. The number of benzene rings is 1. The minimum Gasteiger partial charge on any atom is -0.504 e. The van der Waals surface area contributed by atoms with Gasteiger partial charge in [0.05, 0.1) is 13.7 Å². The van der Waals surface area contributed by atoms with Crippen molar-refractivity contribution in [1.29, 1.82) is 0 Å². The summed E-state index contributed by atoms with van der Waals surface area (Å²) in [7, 11) is 1.53. The topological polar surface area (TPSA) is 71.1 Å². The van der Waals surface area contributed by atoms with Gasteiger partial charge in [0, 0.05) is 13.1 Å². The van der Waals surface area contributed by atoms with E-state index < -0.39 is 0 Å². The Bertz CT molecular complexity index is 494. The average Bonchev–Trinajstić information content (AvgIpc) is 2.45. The van der Waals surface area contributed by atoms with Crippen LogP contribution in [-0.4, -0.2) is 36.2 Å². The Balaban J connectivity index is 0.00000220. The van der Waals surface area contributed by atoms with E-state index in [1.54, 1.807) is 12.1 Å². The number of hydrogen-bond acceptors (Lipinski definition) is 3. The van der Waals surface area contributed by atoms with Gasteiger partial charge in [0.1, 0.15) is 0 Å². The van der Waals surface area contributed by atoms with E-state index in [0.29, 0.717) is 24.2 Å². The molecule has 2 rings (SSSR count). The van der Waals surface area contributed by atoms with Crippen LogP contribution in [0.2, 0.25) is 0 Å². The molecule has 1 heterocycles. The van der Waals surface area contributed by atoms with Crippen molar-refractivity contribution in [2.75, 3.05) is 20.2 Å². The van der Waals surface area contributed by atoms with Gasteiger partial charge in [0.2, 0.25) is 0 Å². The van der Waals surface area contributed by atoms with Crippen LogP contribution >= 0.6 is 24.0 Å². The third-order valence-corrected chi connectivity index (χ3v) is 3.65. The smallest absolute Gasteiger partial charge is 0.191 e. The molecule has 0 saturated carbocycles. The minimum atomic E-state index is 0. The highest BCUT2D eigenvalue weighted by molar-refractivity contribution is 14.0. The molecule has 1 aliphatic heterocycles. The molecular weight excluding hydrogens is 381 g/mol. The van der Waals surface area contributed by atoms with Gasteiger partial charge < -0.3 is 20.5 Å². The fraction of sp³-hybridized carbons (Fsp3) is 0.533. The molecule has 0 aromatic heterocycles. The molecular formula is C15H24IN3O2. The Morgan fingerprint density at radius 3 is 2.90 bits per heavy atom. The van der Waals surface area contributed by atoms with Gasteiger partial charge in [-0.3, -0.25) is 0 Å². The van der Waals surface area contributed by atoms with Crippen LogP contribution in [0.1, 0.15) is 25.3 Å². The Labute approximate surface area is 143 Å². The number of methoxy groups -OCH3 is 1.